The van der Waals surface area contributed by atoms with E-state index in [1.807, 2.05) is 19.3 Å². The third-order valence-electron chi connectivity index (χ3n) is 3.50. The Kier molecular flexibility index (Phi) is 3.85. The van der Waals surface area contributed by atoms with Gasteiger partial charge in [-0.2, -0.15) is 0 Å². The number of benzene rings is 1. The lowest BCUT2D eigenvalue weighted by Crippen LogP contribution is -2.06. The molecule has 0 fully saturated rings. The third-order valence-corrected chi connectivity index (χ3v) is 4.55. The van der Waals surface area contributed by atoms with E-state index in [-0.39, 0.29) is 0 Å². The van der Waals surface area contributed by atoms with Crippen LogP contribution in [-0.4, -0.2) is 12.0 Å². The Morgan fingerprint density at radius 3 is 3.00 bits per heavy atom. The van der Waals surface area contributed by atoms with Gasteiger partial charge in [0.15, 0.2) is 0 Å². The summed E-state index contributed by atoms with van der Waals surface area (Å²) in [5, 5.41) is 4.30. The topological polar surface area (TPSA) is 24.9 Å². The highest BCUT2D eigenvalue weighted by atomic mass is 32.2. The Hall–Kier alpha value is -1.32. The number of nitrogens with zero attached hydrogens (tertiary/aromatic N) is 1. The van der Waals surface area contributed by atoms with E-state index in [1.165, 1.54) is 40.8 Å². The first-order chi connectivity index (χ1) is 9.36. The molecule has 0 atom stereocenters. The molecule has 1 aliphatic carbocycles. The van der Waals surface area contributed by atoms with E-state index in [9.17, 15) is 0 Å². The summed E-state index contributed by atoms with van der Waals surface area (Å²) in [6, 6.07) is 11.0. The lowest BCUT2D eigenvalue weighted by atomic mass is 10.1. The number of hydrogen-bond donors (Lipinski definition) is 1. The largest absolute Gasteiger partial charge is 0.316 e. The maximum atomic E-state index is 4.51. The highest BCUT2D eigenvalue weighted by Crippen LogP contribution is 2.32. The van der Waals surface area contributed by atoms with Crippen LogP contribution in [-0.2, 0) is 19.4 Å². The minimum Gasteiger partial charge on any atom is -0.316 e. The molecule has 2 aromatic rings. The minimum atomic E-state index is 0.862. The molecule has 0 unspecified atom stereocenters. The summed E-state index contributed by atoms with van der Waals surface area (Å²) in [6.45, 7) is 0.862. The molecule has 0 saturated heterocycles. The molecule has 1 aliphatic rings. The van der Waals surface area contributed by atoms with Crippen LogP contribution in [0.25, 0.3) is 0 Å². The number of nitrogens with one attached hydrogen (secondary N) is 1. The first kappa shape index (κ1) is 12.7. The average molecular weight is 270 g/mol. The van der Waals surface area contributed by atoms with Crippen molar-refractivity contribution in [3.8, 4) is 0 Å². The Bertz CT molecular complexity index is 581. The van der Waals surface area contributed by atoms with E-state index in [4.69, 9.17) is 0 Å². The Labute approximate surface area is 118 Å². The summed E-state index contributed by atoms with van der Waals surface area (Å²) in [6.07, 6.45) is 5.65. The zero-order valence-electron chi connectivity index (χ0n) is 11.1. The van der Waals surface area contributed by atoms with Gasteiger partial charge in [0.25, 0.3) is 0 Å². The van der Waals surface area contributed by atoms with Crippen LogP contribution in [0.15, 0.2) is 46.5 Å². The molecular weight excluding hydrogens is 252 g/mol. The molecule has 19 heavy (non-hydrogen) atoms. The first-order valence-electron chi connectivity index (χ1n) is 6.75. The second-order valence-corrected chi connectivity index (χ2v) is 5.95. The van der Waals surface area contributed by atoms with Crippen molar-refractivity contribution >= 4 is 11.8 Å². The molecule has 1 aromatic carbocycles. The molecule has 3 rings (SSSR count). The molecule has 2 nitrogen and oxygen atoms in total. The molecule has 1 N–H and O–H groups in total. The molecule has 0 saturated carbocycles. The second-order valence-electron chi connectivity index (χ2n) is 4.88. The van der Waals surface area contributed by atoms with E-state index in [0.29, 0.717) is 0 Å². The van der Waals surface area contributed by atoms with Crippen LogP contribution in [0.3, 0.4) is 0 Å². The molecule has 0 bridgehead atoms. The van der Waals surface area contributed by atoms with Crippen molar-refractivity contribution < 1.29 is 0 Å². The lowest BCUT2D eigenvalue weighted by Gasteiger charge is -2.08. The lowest BCUT2D eigenvalue weighted by molar-refractivity contribution is 0.790. The highest BCUT2D eigenvalue weighted by Gasteiger charge is 2.12. The van der Waals surface area contributed by atoms with Crippen molar-refractivity contribution in [1.82, 2.24) is 10.3 Å². The minimum absolute atomic E-state index is 0.862. The second kappa shape index (κ2) is 5.76. The average Bonchev–Trinajstić information content (AvgIpc) is 2.89. The molecular formula is C16H18N2S. The van der Waals surface area contributed by atoms with Crippen molar-refractivity contribution in [3.63, 3.8) is 0 Å². The highest BCUT2D eigenvalue weighted by molar-refractivity contribution is 7.99. The number of rotatable bonds is 4. The van der Waals surface area contributed by atoms with Crippen LogP contribution in [0.5, 0.6) is 0 Å². The molecule has 0 spiro atoms. The SMILES string of the molecule is CNCc1cccnc1Sc1ccc2c(c1)CCC2. The van der Waals surface area contributed by atoms with Crippen LogP contribution in [0.1, 0.15) is 23.1 Å². The monoisotopic (exact) mass is 270 g/mol. The van der Waals surface area contributed by atoms with Gasteiger partial charge < -0.3 is 5.32 Å². The quantitative estimate of drug-likeness (QED) is 0.921. The van der Waals surface area contributed by atoms with Crippen molar-refractivity contribution in [1.29, 1.82) is 0 Å². The summed E-state index contributed by atoms with van der Waals surface area (Å²) in [7, 11) is 1.97. The zero-order valence-corrected chi connectivity index (χ0v) is 12.0. The fraction of sp³-hybridized carbons (Fsp3) is 0.312. The van der Waals surface area contributed by atoms with Gasteiger partial charge >= 0.3 is 0 Å². The summed E-state index contributed by atoms with van der Waals surface area (Å²) in [4.78, 5) is 5.81. The fourth-order valence-electron chi connectivity index (χ4n) is 2.56. The van der Waals surface area contributed by atoms with Gasteiger partial charge in [0.2, 0.25) is 0 Å². The normalized spacial score (nSPS) is 13.5. The van der Waals surface area contributed by atoms with Crippen LogP contribution in [0.2, 0.25) is 0 Å². The standard InChI is InChI=1S/C16H18N2S/c1-17-11-14-6-3-9-18-16(14)19-15-8-7-12-4-2-5-13(12)10-15/h3,6-10,17H,2,4-5,11H2,1H3. The molecule has 0 amide bonds. The van der Waals surface area contributed by atoms with Crippen LogP contribution in [0, 0.1) is 0 Å². The van der Waals surface area contributed by atoms with Gasteiger partial charge in [0.05, 0.1) is 0 Å². The number of aromatic nitrogens is 1. The Balaban J connectivity index is 1.85. The van der Waals surface area contributed by atoms with Crippen molar-refractivity contribution in [2.24, 2.45) is 0 Å². The summed E-state index contributed by atoms with van der Waals surface area (Å²) in [5.74, 6) is 0. The molecule has 3 heteroatoms. The van der Waals surface area contributed by atoms with Gasteiger partial charge in [-0.05, 0) is 61.2 Å². The van der Waals surface area contributed by atoms with Crippen molar-refractivity contribution in [2.75, 3.05) is 7.05 Å². The third kappa shape index (κ3) is 2.82. The van der Waals surface area contributed by atoms with E-state index >= 15 is 0 Å². The van der Waals surface area contributed by atoms with Crippen LogP contribution >= 0.6 is 11.8 Å². The van der Waals surface area contributed by atoms with Crippen molar-refractivity contribution in [2.45, 2.75) is 35.7 Å². The maximum Gasteiger partial charge on any atom is 0.105 e. The number of fused-ring (bicyclic) bond motifs is 1. The molecule has 1 heterocycles. The van der Waals surface area contributed by atoms with E-state index in [0.717, 1.165) is 11.6 Å². The van der Waals surface area contributed by atoms with Gasteiger partial charge in [-0.3, -0.25) is 0 Å². The van der Waals surface area contributed by atoms with Gasteiger partial charge in [-0.25, -0.2) is 4.98 Å². The molecule has 98 valence electrons. The van der Waals surface area contributed by atoms with E-state index < -0.39 is 0 Å². The number of pyridine rings is 1. The number of aryl methyl sites for hydroxylation is 2. The smallest absolute Gasteiger partial charge is 0.105 e. The summed E-state index contributed by atoms with van der Waals surface area (Å²) >= 11 is 1.77. The van der Waals surface area contributed by atoms with Gasteiger partial charge in [-0.1, -0.05) is 23.9 Å². The van der Waals surface area contributed by atoms with Crippen LogP contribution < -0.4 is 5.32 Å². The summed E-state index contributed by atoms with van der Waals surface area (Å²) < 4.78 is 0. The fourth-order valence-corrected chi connectivity index (χ4v) is 3.51. The molecule has 0 aliphatic heterocycles. The van der Waals surface area contributed by atoms with Gasteiger partial charge in [-0.15, -0.1) is 0 Å². The van der Waals surface area contributed by atoms with E-state index in [1.54, 1.807) is 11.8 Å². The van der Waals surface area contributed by atoms with Gasteiger partial charge in [0.1, 0.15) is 5.03 Å². The zero-order chi connectivity index (χ0) is 13.1. The summed E-state index contributed by atoms with van der Waals surface area (Å²) in [5.41, 5.74) is 4.31. The predicted molar refractivity (Wildman–Crippen MR) is 79.6 cm³/mol. The van der Waals surface area contributed by atoms with E-state index in [2.05, 4.69) is 34.6 Å². The Morgan fingerprint density at radius 1 is 1.21 bits per heavy atom. The number of hydrogen-bond acceptors (Lipinski definition) is 3. The van der Waals surface area contributed by atoms with Gasteiger partial charge in [0, 0.05) is 17.6 Å². The van der Waals surface area contributed by atoms with Crippen LogP contribution in [0.4, 0.5) is 0 Å². The maximum absolute atomic E-state index is 4.51. The molecule has 1 aromatic heterocycles. The van der Waals surface area contributed by atoms with Crippen molar-refractivity contribution in [3.05, 3.63) is 53.2 Å². The predicted octanol–water partition coefficient (Wildman–Crippen LogP) is 3.44. The first-order valence-corrected chi connectivity index (χ1v) is 7.56. The molecule has 0 radical (unpaired) electrons. The Morgan fingerprint density at radius 2 is 2.11 bits per heavy atom.